The third kappa shape index (κ3) is 4.46. The highest BCUT2D eigenvalue weighted by Gasteiger charge is 2.39. The van der Waals surface area contributed by atoms with E-state index in [4.69, 9.17) is 30.5 Å². The van der Waals surface area contributed by atoms with E-state index in [1.54, 1.807) is 30.3 Å². The molecule has 0 unspecified atom stereocenters. The Bertz CT molecular complexity index is 908. The van der Waals surface area contributed by atoms with Crippen LogP contribution in [0.3, 0.4) is 0 Å². The summed E-state index contributed by atoms with van der Waals surface area (Å²) in [6.07, 6.45) is 1.37. The Labute approximate surface area is 167 Å². The van der Waals surface area contributed by atoms with Gasteiger partial charge in [0.05, 0.1) is 7.11 Å². The van der Waals surface area contributed by atoms with Crippen molar-refractivity contribution in [2.75, 3.05) is 7.11 Å². The number of carbonyl (C=O) groups excluding carboxylic acids is 2. The Hall–Kier alpha value is -2.99. The van der Waals surface area contributed by atoms with Crippen LogP contribution in [0.25, 0.3) is 6.08 Å². The minimum absolute atomic E-state index is 0.219. The van der Waals surface area contributed by atoms with Gasteiger partial charge in [0.1, 0.15) is 12.2 Å². The fraction of sp³-hybridized carbons (Fsp3) is 0.238. The van der Waals surface area contributed by atoms with Gasteiger partial charge in [0.25, 0.3) is 5.79 Å². The Kier molecular flexibility index (Phi) is 5.61. The van der Waals surface area contributed by atoms with Gasteiger partial charge in [-0.15, -0.1) is 0 Å². The maximum atomic E-state index is 12.2. The molecule has 3 rings (SSSR count). The molecule has 7 heteroatoms. The van der Waals surface area contributed by atoms with Crippen molar-refractivity contribution in [3.63, 3.8) is 0 Å². The number of rotatable bonds is 5. The van der Waals surface area contributed by atoms with Crippen molar-refractivity contribution in [1.29, 1.82) is 0 Å². The van der Waals surface area contributed by atoms with E-state index in [1.807, 2.05) is 12.1 Å². The van der Waals surface area contributed by atoms with E-state index in [0.29, 0.717) is 22.1 Å². The van der Waals surface area contributed by atoms with Crippen molar-refractivity contribution in [2.45, 2.75) is 26.2 Å². The van der Waals surface area contributed by atoms with Gasteiger partial charge in [0, 0.05) is 24.4 Å². The van der Waals surface area contributed by atoms with Crippen molar-refractivity contribution in [3.8, 4) is 11.5 Å². The number of benzene rings is 2. The van der Waals surface area contributed by atoms with Crippen LogP contribution in [0, 0.1) is 0 Å². The molecule has 0 radical (unpaired) electrons. The van der Waals surface area contributed by atoms with E-state index in [0.717, 1.165) is 5.56 Å². The van der Waals surface area contributed by atoms with Gasteiger partial charge in [-0.05, 0) is 29.8 Å². The molecule has 1 heterocycles. The summed E-state index contributed by atoms with van der Waals surface area (Å²) in [6.45, 7) is 3.23. The number of methoxy groups -OCH3 is 1. The van der Waals surface area contributed by atoms with E-state index in [2.05, 4.69) is 0 Å². The number of carbonyl (C=O) groups is 2. The molecule has 1 aliphatic heterocycles. The summed E-state index contributed by atoms with van der Waals surface area (Å²) < 4.78 is 21.5. The van der Waals surface area contributed by atoms with Gasteiger partial charge in [0.2, 0.25) is 0 Å². The SMILES string of the molecule is COc1cccc(C=C2C(=O)OC(C)(C)OC2=O)c1OCc1ccc(Cl)cc1. The predicted octanol–water partition coefficient (Wildman–Crippen LogP) is 4.15. The maximum Gasteiger partial charge on any atom is 0.348 e. The first-order valence-electron chi connectivity index (χ1n) is 8.52. The maximum absolute atomic E-state index is 12.2. The second-order valence-corrected chi connectivity index (χ2v) is 6.97. The van der Waals surface area contributed by atoms with Gasteiger partial charge in [-0.3, -0.25) is 0 Å². The Balaban J connectivity index is 1.92. The standard InChI is InChI=1S/C21H19ClO6/c1-21(2)27-19(23)16(20(24)28-21)11-14-5-4-6-17(25-3)18(14)26-12-13-7-9-15(22)10-8-13/h4-11H,12H2,1-3H3. The zero-order valence-electron chi connectivity index (χ0n) is 15.7. The van der Waals surface area contributed by atoms with Gasteiger partial charge >= 0.3 is 11.9 Å². The second kappa shape index (κ2) is 7.94. The van der Waals surface area contributed by atoms with Crippen molar-refractivity contribution >= 4 is 29.6 Å². The number of esters is 2. The number of hydrogen-bond acceptors (Lipinski definition) is 6. The van der Waals surface area contributed by atoms with Gasteiger partial charge in [-0.1, -0.05) is 35.9 Å². The Morgan fingerprint density at radius 2 is 1.68 bits per heavy atom. The first-order chi connectivity index (χ1) is 13.3. The molecule has 6 nitrogen and oxygen atoms in total. The largest absolute Gasteiger partial charge is 0.493 e. The number of para-hydroxylation sites is 1. The van der Waals surface area contributed by atoms with Crippen LogP contribution < -0.4 is 9.47 Å². The highest BCUT2D eigenvalue weighted by atomic mass is 35.5. The molecule has 2 aromatic rings. The second-order valence-electron chi connectivity index (χ2n) is 6.53. The molecule has 1 fully saturated rings. The molecule has 0 spiro atoms. The van der Waals surface area contributed by atoms with Gasteiger partial charge in [-0.2, -0.15) is 0 Å². The van der Waals surface area contributed by atoms with E-state index >= 15 is 0 Å². The summed E-state index contributed by atoms with van der Waals surface area (Å²) in [5.74, 6) is -1.96. The van der Waals surface area contributed by atoms with Crippen LogP contribution in [0.5, 0.6) is 11.5 Å². The summed E-state index contributed by atoms with van der Waals surface area (Å²) in [5, 5.41) is 0.628. The van der Waals surface area contributed by atoms with Crippen molar-refractivity contribution in [2.24, 2.45) is 0 Å². The van der Waals surface area contributed by atoms with Crippen LogP contribution in [0.15, 0.2) is 48.0 Å². The molecule has 0 amide bonds. The molecule has 0 atom stereocenters. The van der Waals surface area contributed by atoms with Crippen LogP contribution in [-0.4, -0.2) is 24.8 Å². The molecule has 0 aromatic heterocycles. The highest BCUT2D eigenvalue weighted by molar-refractivity contribution is 6.30. The topological polar surface area (TPSA) is 71.1 Å². The van der Waals surface area contributed by atoms with Crippen LogP contribution in [-0.2, 0) is 25.7 Å². The summed E-state index contributed by atoms with van der Waals surface area (Å²) in [6, 6.07) is 12.4. The lowest BCUT2D eigenvalue weighted by atomic mass is 10.1. The number of cyclic esters (lactones) is 2. The first kappa shape index (κ1) is 19.8. The van der Waals surface area contributed by atoms with E-state index in [-0.39, 0.29) is 12.2 Å². The fourth-order valence-electron chi connectivity index (χ4n) is 2.63. The Morgan fingerprint density at radius 1 is 1.04 bits per heavy atom. The van der Waals surface area contributed by atoms with Gasteiger partial charge < -0.3 is 18.9 Å². The molecule has 0 N–H and O–H groups in total. The van der Waals surface area contributed by atoms with Crippen molar-refractivity contribution in [3.05, 3.63) is 64.2 Å². The quantitative estimate of drug-likeness (QED) is 0.425. The third-order valence-corrected chi connectivity index (χ3v) is 4.19. The minimum Gasteiger partial charge on any atom is -0.493 e. The molecule has 0 saturated carbocycles. The third-order valence-electron chi connectivity index (χ3n) is 3.94. The number of halogens is 1. The summed E-state index contributed by atoms with van der Waals surface area (Å²) >= 11 is 5.90. The van der Waals surface area contributed by atoms with Crippen LogP contribution >= 0.6 is 11.6 Å². The summed E-state index contributed by atoms with van der Waals surface area (Å²) in [5.41, 5.74) is 1.16. The molecular weight excluding hydrogens is 384 g/mol. The minimum atomic E-state index is -1.30. The summed E-state index contributed by atoms with van der Waals surface area (Å²) in [4.78, 5) is 24.5. The average molecular weight is 403 g/mol. The molecule has 28 heavy (non-hydrogen) atoms. The molecular formula is C21H19ClO6. The molecule has 1 saturated heterocycles. The number of hydrogen-bond donors (Lipinski definition) is 0. The lowest BCUT2D eigenvalue weighted by molar-refractivity contribution is -0.222. The monoisotopic (exact) mass is 402 g/mol. The zero-order chi connectivity index (χ0) is 20.3. The number of ether oxygens (including phenoxy) is 4. The van der Waals surface area contributed by atoms with Crippen molar-refractivity contribution < 1.29 is 28.5 Å². The van der Waals surface area contributed by atoms with Crippen molar-refractivity contribution in [1.82, 2.24) is 0 Å². The van der Waals surface area contributed by atoms with E-state index in [1.165, 1.54) is 27.0 Å². The zero-order valence-corrected chi connectivity index (χ0v) is 16.4. The smallest absolute Gasteiger partial charge is 0.348 e. The summed E-state index contributed by atoms with van der Waals surface area (Å²) in [7, 11) is 1.51. The fourth-order valence-corrected chi connectivity index (χ4v) is 2.76. The predicted molar refractivity (Wildman–Crippen MR) is 103 cm³/mol. The average Bonchev–Trinajstić information content (AvgIpc) is 2.63. The molecule has 146 valence electrons. The van der Waals surface area contributed by atoms with E-state index < -0.39 is 17.7 Å². The van der Waals surface area contributed by atoms with Crippen LogP contribution in [0.4, 0.5) is 0 Å². The van der Waals surface area contributed by atoms with Gasteiger partial charge in [0.15, 0.2) is 11.5 Å². The molecule has 0 bridgehead atoms. The lowest BCUT2D eigenvalue weighted by Crippen LogP contribution is -2.41. The first-order valence-corrected chi connectivity index (χ1v) is 8.89. The Morgan fingerprint density at radius 3 is 2.29 bits per heavy atom. The van der Waals surface area contributed by atoms with Crippen LogP contribution in [0.2, 0.25) is 5.02 Å². The molecule has 0 aliphatic carbocycles. The van der Waals surface area contributed by atoms with E-state index in [9.17, 15) is 9.59 Å². The normalized spacial score (nSPS) is 15.5. The lowest BCUT2D eigenvalue weighted by Gasteiger charge is -2.29. The van der Waals surface area contributed by atoms with Gasteiger partial charge in [-0.25, -0.2) is 9.59 Å². The molecule has 1 aliphatic rings. The van der Waals surface area contributed by atoms with Crippen LogP contribution in [0.1, 0.15) is 25.0 Å². The highest BCUT2D eigenvalue weighted by Crippen LogP contribution is 2.34. The molecule has 2 aromatic carbocycles.